The van der Waals surface area contributed by atoms with E-state index in [1.54, 1.807) is 6.08 Å². The van der Waals surface area contributed by atoms with Gasteiger partial charge in [0.05, 0.1) is 6.26 Å². The van der Waals surface area contributed by atoms with Crippen LogP contribution in [0.5, 0.6) is 0 Å². The van der Waals surface area contributed by atoms with E-state index in [2.05, 4.69) is 9.44 Å². The largest absolute Gasteiger partial charge is 0.325 e. The van der Waals surface area contributed by atoms with Gasteiger partial charge in [-0.1, -0.05) is 22.5 Å². The highest BCUT2D eigenvalue weighted by Crippen LogP contribution is 2.29. The molecule has 14 heavy (non-hydrogen) atoms. The zero-order chi connectivity index (χ0) is 10.8. The van der Waals surface area contributed by atoms with E-state index in [1.807, 2.05) is 19.9 Å². The lowest BCUT2D eigenvalue weighted by molar-refractivity contribution is 0.345. The van der Waals surface area contributed by atoms with Crippen LogP contribution in [-0.4, -0.2) is 19.7 Å². The number of hydrogen-bond acceptors (Lipinski definition) is 5. The second kappa shape index (κ2) is 4.18. The molecule has 0 aromatic heterocycles. The molecule has 0 saturated carbocycles. The lowest BCUT2D eigenvalue weighted by Crippen LogP contribution is -1.98. The van der Waals surface area contributed by atoms with Crippen LogP contribution in [0.4, 0.5) is 0 Å². The van der Waals surface area contributed by atoms with Crippen LogP contribution in [0.15, 0.2) is 27.8 Å². The minimum atomic E-state index is -3.50. The number of nitrogens with zero attached hydrogens (tertiary/aromatic N) is 1. The first-order valence-corrected chi connectivity index (χ1v) is 6.52. The standard InChI is InChI=1S/C8H11NO3S2/c1-6(2)7-4-5-8(13-7)9-12-14(3,10)11/h4-5H,1-3H3. The van der Waals surface area contributed by atoms with Gasteiger partial charge in [-0.2, -0.15) is 8.42 Å². The van der Waals surface area contributed by atoms with Crippen LogP contribution in [0.1, 0.15) is 13.8 Å². The lowest BCUT2D eigenvalue weighted by Gasteiger charge is -1.96. The van der Waals surface area contributed by atoms with E-state index in [4.69, 9.17) is 0 Å². The Balaban J connectivity index is 2.70. The number of rotatable bonds is 2. The molecule has 0 N–H and O–H groups in total. The average molecular weight is 233 g/mol. The summed E-state index contributed by atoms with van der Waals surface area (Å²) in [6.45, 7) is 3.96. The SMILES string of the molecule is CC(C)=C1C=CC(=NOS(C)(=O)=O)S1. The van der Waals surface area contributed by atoms with Crippen molar-refractivity contribution in [2.45, 2.75) is 13.8 Å². The lowest BCUT2D eigenvalue weighted by atomic mass is 10.3. The molecule has 0 bridgehead atoms. The number of hydrogen-bond donors (Lipinski definition) is 0. The summed E-state index contributed by atoms with van der Waals surface area (Å²) in [5, 5.41) is 4.05. The predicted octanol–water partition coefficient (Wildman–Crippen LogP) is 1.87. The molecule has 0 spiro atoms. The van der Waals surface area contributed by atoms with Crippen molar-refractivity contribution >= 4 is 26.9 Å². The fraction of sp³-hybridized carbons (Fsp3) is 0.375. The number of thioether (sulfide) groups is 1. The molecule has 6 heteroatoms. The summed E-state index contributed by atoms with van der Waals surface area (Å²) >= 11 is 1.39. The normalized spacial score (nSPS) is 19.1. The first-order chi connectivity index (χ1) is 6.38. The second-order valence-electron chi connectivity index (χ2n) is 3.01. The van der Waals surface area contributed by atoms with Crippen LogP contribution in [-0.2, 0) is 14.4 Å². The van der Waals surface area contributed by atoms with Gasteiger partial charge in [0.1, 0.15) is 5.04 Å². The van der Waals surface area contributed by atoms with Gasteiger partial charge in [0.2, 0.25) is 0 Å². The molecule has 1 heterocycles. The third kappa shape index (κ3) is 3.55. The minimum absolute atomic E-state index is 0.548. The molecule has 1 aliphatic heterocycles. The van der Waals surface area contributed by atoms with Crippen LogP contribution in [0.3, 0.4) is 0 Å². The zero-order valence-corrected chi connectivity index (χ0v) is 9.78. The maximum Gasteiger partial charge on any atom is 0.325 e. The molecule has 0 fully saturated rings. The summed E-state index contributed by atoms with van der Waals surface area (Å²) in [6, 6.07) is 0. The van der Waals surface area contributed by atoms with E-state index < -0.39 is 10.1 Å². The first-order valence-electron chi connectivity index (χ1n) is 3.88. The van der Waals surface area contributed by atoms with Gasteiger partial charge < -0.3 is 0 Å². The van der Waals surface area contributed by atoms with Gasteiger partial charge in [0.15, 0.2) is 0 Å². The molecular formula is C8H11NO3S2. The molecule has 78 valence electrons. The fourth-order valence-corrected chi connectivity index (χ4v) is 1.79. The van der Waals surface area contributed by atoms with E-state index in [-0.39, 0.29) is 0 Å². The van der Waals surface area contributed by atoms with Crippen LogP contribution < -0.4 is 0 Å². The molecular weight excluding hydrogens is 222 g/mol. The topological polar surface area (TPSA) is 55.7 Å². The highest BCUT2D eigenvalue weighted by molar-refractivity contribution is 8.18. The Labute approximate surface area is 87.8 Å². The van der Waals surface area contributed by atoms with Gasteiger partial charge in [0, 0.05) is 4.91 Å². The Kier molecular flexibility index (Phi) is 3.38. The summed E-state index contributed by atoms with van der Waals surface area (Å²) in [6.07, 6.45) is 4.56. The van der Waals surface area contributed by atoms with Crippen molar-refractivity contribution in [2.24, 2.45) is 5.16 Å². The summed E-state index contributed by atoms with van der Waals surface area (Å²) in [5.41, 5.74) is 1.16. The third-order valence-electron chi connectivity index (χ3n) is 1.35. The Hall–Kier alpha value is -0.750. The molecule has 0 aromatic rings. The summed E-state index contributed by atoms with van der Waals surface area (Å²) in [4.78, 5) is 1.07. The fourth-order valence-electron chi connectivity index (χ4n) is 0.750. The Bertz CT molecular complexity index is 414. The molecule has 0 aromatic carbocycles. The van der Waals surface area contributed by atoms with Crippen molar-refractivity contribution in [2.75, 3.05) is 6.26 Å². The van der Waals surface area contributed by atoms with Gasteiger partial charge in [-0.3, -0.25) is 4.28 Å². The quantitative estimate of drug-likeness (QED) is 0.683. The smallest absolute Gasteiger partial charge is 0.268 e. The maximum absolute atomic E-state index is 10.6. The molecule has 0 aliphatic carbocycles. The maximum atomic E-state index is 10.6. The predicted molar refractivity (Wildman–Crippen MR) is 58.5 cm³/mol. The van der Waals surface area contributed by atoms with E-state index >= 15 is 0 Å². The molecule has 4 nitrogen and oxygen atoms in total. The highest BCUT2D eigenvalue weighted by Gasteiger charge is 2.11. The summed E-state index contributed by atoms with van der Waals surface area (Å²) in [7, 11) is -3.50. The molecule has 1 rings (SSSR count). The molecule has 0 saturated heterocycles. The van der Waals surface area contributed by atoms with Crippen molar-refractivity contribution < 1.29 is 12.7 Å². The van der Waals surface area contributed by atoms with E-state index in [0.29, 0.717) is 5.04 Å². The molecule has 0 unspecified atom stereocenters. The van der Waals surface area contributed by atoms with Crippen LogP contribution in [0.25, 0.3) is 0 Å². The summed E-state index contributed by atoms with van der Waals surface area (Å²) < 4.78 is 25.6. The van der Waals surface area contributed by atoms with Crippen molar-refractivity contribution in [3.8, 4) is 0 Å². The van der Waals surface area contributed by atoms with E-state index in [1.165, 1.54) is 11.8 Å². The minimum Gasteiger partial charge on any atom is -0.268 e. The Morgan fingerprint density at radius 3 is 2.50 bits per heavy atom. The molecule has 1 aliphatic rings. The molecule has 0 amide bonds. The van der Waals surface area contributed by atoms with Gasteiger partial charge >= 0.3 is 10.1 Å². The van der Waals surface area contributed by atoms with Crippen LogP contribution in [0.2, 0.25) is 0 Å². The monoisotopic (exact) mass is 233 g/mol. The first kappa shape index (κ1) is 11.3. The van der Waals surface area contributed by atoms with Crippen molar-refractivity contribution in [3.63, 3.8) is 0 Å². The van der Waals surface area contributed by atoms with Crippen molar-refractivity contribution in [1.29, 1.82) is 0 Å². The summed E-state index contributed by atoms with van der Waals surface area (Å²) in [5.74, 6) is 0. The molecule has 0 radical (unpaired) electrons. The zero-order valence-electron chi connectivity index (χ0n) is 8.14. The van der Waals surface area contributed by atoms with E-state index in [9.17, 15) is 8.42 Å². The Morgan fingerprint density at radius 1 is 1.43 bits per heavy atom. The van der Waals surface area contributed by atoms with Gasteiger partial charge in [-0.25, -0.2) is 0 Å². The molecule has 0 atom stereocenters. The van der Waals surface area contributed by atoms with Crippen LogP contribution in [0, 0.1) is 0 Å². The van der Waals surface area contributed by atoms with Gasteiger partial charge in [-0.15, -0.1) is 0 Å². The van der Waals surface area contributed by atoms with Crippen molar-refractivity contribution in [1.82, 2.24) is 0 Å². The van der Waals surface area contributed by atoms with Gasteiger partial charge in [0.25, 0.3) is 0 Å². The number of allylic oxidation sites excluding steroid dienone is 2. The second-order valence-corrected chi connectivity index (χ2v) is 5.63. The average Bonchev–Trinajstić information content (AvgIpc) is 2.47. The van der Waals surface area contributed by atoms with Gasteiger partial charge in [-0.05, 0) is 26.0 Å². The van der Waals surface area contributed by atoms with Crippen LogP contribution >= 0.6 is 11.8 Å². The highest BCUT2D eigenvalue weighted by atomic mass is 32.2. The van der Waals surface area contributed by atoms with Crippen molar-refractivity contribution in [3.05, 3.63) is 22.6 Å². The number of oxime groups is 1. The van der Waals surface area contributed by atoms with E-state index in [0.717, 1.165) is 16.7 Å². The Morgan fingerprint density at radius 2 is 2.07 bits per heavy atom. The third-order valence-corrected chi connectivity index (χ3v) is 2.88.